The molecule has 3 aromatic rings. The van der Waals surface area contributed by atoms with Crippen LogP contribution in [0.1, 0.15) is 49.7 Å². The Morgan fingerprint density at radius 1 is 0.841 bits per heavy atom. The Kier molecular flexibility index (Phi) is 11.9. The van der Waals surface area contributed by atoms with Crippen LogP contribution in [0.3, 0.4) is 0 Å². The third-order valence-corrected chi connectivity index (χ3v) is 6.65. The summed E-state index contributed by atoms with van der Waals surface area (Å²) in [5, 5.41) is 31.0. The molecular formula is C31H36FN5O7. The minimum Gasteiger partial charge on any atom is -0.481 e. The largest absolute Gasteiger partial charge is 0.481 e. The smallest absolute Gasteiger partial charge is 0.305 e. The van der Waals surface area contributed by atoms with Crippen molar-refractivity contribution >= 4 is 40.4 Å². The number of carbonyl (C=O) groups excluding carboxylic acids is 4. The lowest BCUT2D eigenvalue weighted by Gasteiger charge is -2.26. The highest BCUT2D eigenvalue weighted by atomic mass is 19.1. The van der Waals surface area contributed by atoms with Gasteiger partial charge in [0.05, 0.1) is 12.5 Å². The number of hydrogen-bond donors (Lipinski definition) is 6. The molecule has 3 rings (SSSR count). The number of pyridine rings is 1. The summed E-state index contributed by atoms with van der Waals surface area (Å²) in [4.78, 5) is 68.0. The molecule has 0 spiro atoms. The zero-order chi connectivity index (χ0) is 32.4. The van der Waals surface area contributed by atoms with Crippen LogP contribution in [0.25, 0.3) is 10.8 Å². The van der Waals surface area contributed by atoms with E-state index < -0.39 is 66.1 Å². The number of nitrogens with zero attached hydrogens (tertiary/aromatic N) is 1. The number of rotatable bonds is 14. The fourth-order valence-corrected chi connectivity index (χ4v) is 4.36. The summed E-state index contributed by atoms with van der Waals surface area (Å²) < 4.78 is 13.2. The zero-order valence-electron chi connectivity index (χ0n) is 24.5. The van der Waals surface area contributed by atoms with Crippen LogP contribution in [-0.4, -0.2) is 69.0 Å². The van der Waals surface area contributed by atoms with Gasteiger partial charge in [-0.1, -0.05) is 50.2 Å². The van der Waals surface area contributed by atoms with Gasteiger partial charge in [0.15, 0.2) is 0 Å². The number of amides is 4. The maximum absolute atomic E-state index is 13.3. The monoisotopic (exact) mass is 609 g/mol. The number of fused-ring (bicyclic) bond motifs is 1. The van der Waals surface area contributed by atoms with Crippen molar-refractivity contribution in [2.75, 3.05) is 0 Å². The fraction of sp³-hybridized carbons (Fsp3) is 0.355. The standard InChI is InChI=1S/C31H36FN5O7/c1-17(2)12-24(35-28(41)23-13-20-6-4-5-7-21(20)16-33-23)29(42)36-25(14-26(39)40)30(43)37-27(18(3)38)31(44)34-15-19-8-10-22(32)11-9-19/h4-11,13,16-18,24-25,27,38H,12,14-15H2,1-3H3,(H,34,44)(H,35,41)(H,36,42)(H,37,43)(H,39,40)/t18-,24+,25+,27+/m1/s1. The molecular weight excluding hydrogens is 573 g/mol. The van der Waals surface area contributed by atoms with Gasteiger partial charge in [0, 0.05) is 18.1 Å². The van der Waals surface area contributed by atoms with Crippen molar-refractivity contribution in [1.82, 2.24) is 26.3 Å². The van der Waals surface area contributed by atoms with Crippen LogP contribution in [0.2, 0.25) is 0 Å². The maximum Gasteiger partial charge on any atom is 0.305 e. The summed E-state index contributed by atoms with van der Waals surface area (Å²) in [6.07, 6.45) is -0.538. The summed E-state index contributed by atoms with van der Waals surface area (Å²) in [5.41, 5.74) is 0.625. The summed E-state index contributed by atoms with van der Waals surface area (Å²) in [6, 6.07) is 9.90. The molecule has 12 nitrogen and oxygen atoms in total. The lowest BCUT2D eigenvalue weighted by Crippen LogP contribution is -2.59. The van der Waals surface area contributed by atoms with Gasteiger partial charge in [0.25, 0.3) is 5.91 Å². The van der Waals surface area contributed by atoms with Crippen LogP contribution >= 0.6 is 0 Å². The van der Waals surface area contributed by atoms with Gasteiger partial charge in [-0.05, 0) is 48.4 Å². The molecule has 1 heterocycles. The molecule has 13 heteroatoms. The van der Waals surface area contributed by atoms with E-state index in [0.717, 1.165) is 10.8 Å². The van der Waals surface area contributed by atoms with Crippen molar-refractivity contribution in [3.05, 3.63) is 77.9 Å². The topological polar surface area (TPSA) is 187 Å². The van der Waals surface area contributed by atoms with E-state index in [1.54, 1.807) is 6.07 Å². The van der Waals surface area contributed by atoms with Gasteiger partial charge in [-0.25, -0.2) is 4.39 Å². The van der Waals surface area contributed by atoms with Crippen molar-refractivity contribution in [2.45, 2.75) is 64.4 Å². The Bertz CT molecular complexity index is 1500. The van der Waals surface area contributed by atoms with Crippen LogP contribution < -0.4 is 21.3 Å². The van der Waals surface area contributed by atoms with Gasteiger partial charge >= 0.3 is 5.97 Å². The number of carbonyl (C=O) groups is 5. The van der Waals surface area contributed by atoms with E-state index in [0.29, 0.717) is 5.56 Å². The van der Waals surface area contributed by atoms with E-state index in [2.05, 4.69) is 26.3 Å². The minimum atomic E-state index is -1.64. The van der Waals surface area contributed by atoms with Crippen molar-refractivity contribution in [2.24, 2.45) is 5.92 Å². The highest BCUT2D eigenvalue weighted by Crippen LogP contribution is 2.14. The first-order valence-corrected chi connectivity index (χ1v) is 14.0. The number of nitrogens with one attached hydrogen (secondary N) is 4. The number of aliphatic carboxylic acids is 1. The van der Waals surface area contributed by atoms with Gasteiger partial charge in [0.2, 0.25) is 17.7 Å². The quantitative estimate of drug-likeness (QED) is 0.159. The average molecular weight is 610 g/mol. The van der Waals surface area contributed by atoms with Crippen molar-refractivity contribution in [1.29, 1.82) is 0 Å². The average Bonchev–Trinajstić information content (AvgIpc) is 2.97. The zero-order valence-corrected chi connectivity index (χ0v) is 24.5. The molecule has 0 saturated carbocycles. The second-order valence-corrected chi connectivity index (χ2v) is 10.8. The molecule has 2 aromatic carbocycles. The van der Waals surface area contributed by atoms with E-state index in [-0.39, 0.29) is 24.6 Å². The summed E-state index contributed by atoms with van der Waals surface area (Å²) in [7, 11) is 0. The third-order valence-electron chi connectivity index (χ3n) is 6.65. The van der Waals surface area contributed by atoms with Crippen LogP contribution in [0.15, 0.2) is 60.8 Å². The first-order valence-electron chi connectivity index (χ1n) is 14.0. The van der Waals surface area contributed by atoms with Crippen LogP contribution in [0, 0.1) is 11.7 Å². The molecule has 0 aliphatic carbocycles. The predicted molar refractivity (Wildman–Crippen MR) is 158 cm³/mol. The molecule has 4 amide bonds. The Balaban J connectivity index is 1.72. The number of aromatic nitrogens is 1. The number of carboxylic acids is 1. The van der Waals surface area contributed by atoms with E-state index >= 15 is 0 Å². The van der Waals surface area contributed by atoms with Gasteiger partial charge < -0.3 is 31.5 Å². The molecule has 4 atom stereocenters. The molecule has 1 aromatic heterocycles. The number of halogens is 1. The van der Waals surface area contributed by atoms with E-state index in [1.165, 1.54) is 37.4 Å². The minimum absolute atomic E-state index is 0.0316. The van der Waals surface area contributed by atoms with Crippen LogP contribution in [-0.2, 0) is 25.7 Å². The summed E-state index contributed by atoms with van der Waals surface area (Å²) >= 11 is 0. The second kappa shape index (κ2) is 15.5. The van der Waals surface area contributed by atoms with Crippen LogP contribution in [0.5, 0.6) is 0 Å². The molecule has 0 bridgehead atoms. The van der Waals surface area contributed by atoms with Crippen LogP contribution in [0.4, 0.5) is 4.39 Å². The molecule has 44 heavy (non-hydrogen) atoms. The Morgan fingerprint density at radius 2 is 1.48 bits per heavy atom. The molecule has 0 unspecified atom stereocenters. The highest BCUT2D eigenvalue weighted by molar-refractivity contribution is 6.00. The first-order chi connectivity index (χ1) is 20.8. The first kappa shape index (κ1) is 33.6. The van der Waals surface area contributed by atoms with Gasteiger partial charge in [0.1, 0.15) is 29.6 Å². The molecule has 0 radical (unpaired) electrons. The van der Waals surface area contributed by atoms with Gasteiger partial charge in [-0.2, -0.15) is 0 Å². The summed E-state index contributed by atoms with van der Waals surface area (Å²) in [6.45, 7) is 4.86. The fourth-order valence-electron chi connectivity index (χ4n) is 4.36. The van der Waals surface area contributed by atoms with E-state index in [1.807, 2.05) is 38.1 Å². The lowest BCUT2D eigenvalue weighted by molar-refractivity contribution is -0.141. The van der Waals surface area contributed by atoms with Crippen molar-refractivity contribution < 1.29 is 38.6 Å². The normalized spacial score (nSPS) is 13.8. The Labute approximate surface area is 253 Å². The second-order valence-electron chi connectivity index (χ2n) is 10.8. The molecule has 0 fully saturated rings. The number of carboxylic acid groups (broad SMARTS) is 1. The van der Waals surface area contributed by atoms with Crippen molar-refractivity contribution in [3.8, 4) is 0 Å². The maximum atomic E-state index is 13.3. The van der Waals surface area contributed by atoms with E-state index in [4.69, 9.17) is 0 Å². The number of hydrogen-bond acceptors (Lipinski definition) is 7. The number of benzene rings is 2. The third kappa shape index (κ3) is 9.83. The highest BCUT2D eigenvalue weighted by Gasteiger charge is 2.33. The Hall–Kier alpha value is -4.91. The number of aliphatic hydroxyl groups excluding tert-OH is 1. The molecule has 6 N–H and O–H groups in total. The van der Waals surface area contributed by atoms with Gasteiger partial charge in [-0.15, -0.1) is 0 Å². The van der Waals surface area contributed by atoms with Crippen molar-refractivity contribution in [3.63, 3.8) is 0 Å². The molecule has 0 saturated heterocycles. The van der Waals surface area contributed by atoms with Gasteiger partial charge in [-0.3, -0.25) is 29.0 Å². The lowest BCUT2D eigenvalue weighted by atomic mass is 10.0. The predicted octanol–water partition coefficient (Wildman–Crippen LogP) is 1.66. The summed E-state index contributed by atoms with van der Waals surface area (Å²) in [5.74, 6) is -5.22. The van der Waals surface area contributed by atoms with E-state index in [9.17, 15) is 38.6 Å². The SMILES string of the molecule is CC(C)C[C@H](NC(=O)c1cc2ccccc2cn1)C(=O)N[C@@H](CC(=O)O)C(=O)N[C@H](C(=O)NCc1ccc(F)cc1)[C@@H](C)O. The number of aliphatic hydroxyl groups is 1. The molecule has 0 aliphatic heterocycles. The molecule has 234 valence electrons. The molecule has 0 aliphatic rings. The Morgan fingerprint density at radius 3 is 2.09 bits per heavy atom.